The van der Waals surface area contributed by atoms with Crippen LogP contribution in [0, 0.1) is 5.92 Å². The summed E-state index contributed by atoms with van der Waals surface area (Å²) in [7, 11) is 0. The molecular weight excluding hydrogens is 472 g/mol. The van der Waals surface area contributed by atoms with Crippen LogP contribution >= 0.6 is 0 Å². The number of cyclic esters (lactones) is 1. The Labute approximate surface area is 236 Å². The van der Waals surface area contributed by atoms with Crippen LogP contribution in [0.5, 0.6) is 0 Å². The summed E-state index contributed by atoms with van der Waals surface area (Å²) < 4.78 is 5.13. The fourth-order valence-corrected chi connectivity index (χ4v) is 5.70. The lowest BCUT2D eigenvalue weighted by molar-refractivity contribution is -0.139. The third-order valence-corrected chi connectivity index (χ3v) is 8.43. The van der Waals surface area contributed by atoms with Gasteiger partial charge in [0.05, 0.1) is 12.2 Å². The Bertz CT molecular complexity index is 587. The normalized spacial score (nSPS) is 17.9. The molecule has 0 radical (unpaired) electrons. The molecule has 0 fully saturated rings. The molecule has 0 aromatic rings. The number of rotatable bonds is 27. The molecule has 2 N–H and O–H groups in total. The minimum Gasteiger partial charge on any atom is -0.455 e. The van der Waals surface area contributed by atoms with Gasteiger partial charge in [-0.2, -0.15) is 0 Å². The molecule has 0 spiro atoms. The van der Waals surface area contributed by atoms with Crippen molar-refractivity contribution in [3.63, 3.8) is 0 Å². The second-order valence-corrected chi connectivity index (χ2v) is 12.3. The Kier molecular flexibility index (Phi) is 22.2. The maximum Gasteiger partial charge on any atom is 0.334 e. The van der Waals surface area contributed by atoms with Gasteiger partial charge in [-0.25, -0.2) is 4.79 Å². The van der Waals surface area contributed by atoms with E-state index in [0.717, 1.165) is 63.4 Å². The topological polar surface area (TPSA) is 66.8 Å². The SMILES string of the molecule is CCCCCCCCCCCCC(C)C(O)CCCCCCCCC(O)CCCCCC1=C[C@H](C)OC1=O. The van der Waals surface area contributed by atoms with Crippen molar-refractivity contribution in [2.24, 2.45) is 5.92 Å². The van der Waals surface area contributed by atoms with Crippen molar-refractivity contribution < 1.29 is 19.7 Å². The van der Waals surface area contributed by atoms with Gasteiger partial charge in [-0.15, -0.1) is 0 Å². The fourth-order valence-electron chi connectivity index (χ4n) is 5.70. The molecular formula is C34H64O4. The highest BCUT2D eigenvalue weighted by atomic mass is 16.5. The van der Waals surface area contributed by atoms with Crippen LogP contribution < -0.4 is 0 Å². The predicted molar refractivity (Wildman–Crippen MR) is 161 cm³/mol. The number of aliphatic hydroxyl groups excluding tert-OH is 2. The molecule has 0 saturated heterocycles. The second-order valence-electron chi connectivity index (χ2n) is 12.3. The van der Waals surface area contributed by atoms with Gasteiger partial charge in [-0.1, -0.05) is 129 Å². The van der Waals surface area contributed by atoms with Gasteiger partial charge in [0, 0.05) is 5.57 Å². The van der Waals surface area contributed by atoms with Crippen molar-refractivity contribution in [1.82, 2.24) is 0 Å². The van der Waals surface area contributed by atoms with Crippen LogP contribution in [0.25, 0.3) is 0 Å². The van der Waals surface area contributed by atoms with Gasteiger partial charge < -0.3 is 14.9 Å². The molecule has 0 aliphatic carbocycles. The largest absolute Gasteiger partial charge is 0.455 e. The smallest absolute Gasteiger partial charge is 0.334 e. The minimum absolute atomic E-state index is 0.0707. The van der Waals surface area contributed by atoms with E-state index in [2.05, 4.69) is 13.8 Å². The van der Waals surface area contributed by atoms with E-state index in [1.165, 1.54) is 96.3 Å². The molecule has 224 valence electrons. The van der Waals surface area contributed by atoms with E-state index in [-0.39, 0.29) is 24.3 Å². The highest BCUT2D eigenvalue weighted by molar-refractivity contribution is 5.90. The predicted octanol–water partition coefficient (Wildman–Crippen LogP) is 9.60. The van der Waals surface area contributed by atoms with Crippen LogP contribution in [0.4, 0.5) is 0 Å². The van der Waals surface area contributed by atoms with E-state index in [1.807, 2.05) is 13.0 Å². The van der Waals surface area contributed by atoms with Crippen LogP contribution in [-0.4, -0.2) is 34.5 Å². The Balaban J connectivity index is 1.84. The average Bonchev–Trinajstić information content (AvgIpc) is 3.22. The molecule has 4 heteroatoms. The summed E-state index contributed by atoms with van der Waals surface area (Å²) in [5, 5.41) is 20.7. The fraction of sp³-hybridized carbons (Fsp3) is 0.912. The molecule has 0 aromatic carbocycles. The maximum absolute atomic E-state index is 11.6. The van der Waals surface area contributed by atoms with Crippen molar-refractivity contribution in [3.8, 4) is 0 Å². The highest BCUT2D eigenvalue weighted by Crippen LogP contribution is 2.21. The highest BCUT2D eigenvalue weighted by Gasteiger charge is 2.21. The van der Waals surface area contributed by atoms with E-state index >= 15 is 0 Å². The number of hydrogen-bond donors (Lipinski definition) is 2. The molecule has 1 rings (SSSR count). The van der Waals surface area contributed by atoms with E-state index in [4.69, 9.17) is 4.74 Å². The lowest BCUT2D eigenvalue weighted by Crippen LogP contribution is -2.17. The van der Waals surface area contributed by atoms with Crippen LogP contribution in [0.2, 0.25) is 0 Å². The zero-order valence-electron chi connectivity index (χ0n) is 25.6. The first kappa shape index (κ1) is 35.2. The zero-order chi connectivity index (χ0) is 27.8. The van der Waals surface area contributed by atoms with Gasteiger partial charge in [0.15, 0.2) is 0 Å². The lowest BCUT2D eigenvalue weighted by atomic mass is 9.93. The molecule has 38 heavy (non-hydrogen) atoms. The number of unbranched alkanes of at least 4 members (excludes halogenated alkanes) is 16. The number of aliphatic hydroxyl groups is 2. The summed E-state index contributed by atoms with van der Waals surface area (Å²) in [5.74, 6) is 0.286. The average molecular weight is 537 g/mol. The standard InChI is InChI=1S/C34H64O4/c1-4-5-6-7-8-9-10-11-14-18-23-29(2)33(36)27-22-16-13-12-15-20-25-32(35)26-21-17-19-24-31-28-30(3)38-34(31)37/h28-30,32-33,35-36H,4-27H2,1-3H3/t29?,30-,32?,33?/m0/s1. The van der Waals surface area contributed by atoms with E-state index in [9.17, 15) is 15.0 Å². The molecule has 4 atom stereocenters. The zero-order valence-corrected chi connectivity index (χ0v) is 25.6. The van der Waals surface area contributed by atoms with Crippen molar-refractivity contribution in [3.05, 3.63) is 11.6 Å². The molecule has 0 saturated carbocycles. The molecule has 1 aliphatic rings. The molecule has 0 bridgehead atoms. The van der Waals surface area contributed by atoms with Gasteiger partial charge in [-0.3, -0.25) is 0 Å². The molecule has 3 unspecified atom stereocenters. The van der Waals surface area contributed by atoms with E-state index < -0.39 is 0 Å². The van der Waals surface area contributed by atoms with Crippen LogP contribution in [0.3, 0.4) is 0 Å². The Hall–Kier alpha value is -0.870. The Morgan fingerprint density at radius 2 is 1.13 bits per heavy atom. The second kappa shape index (κ2) is 24.0. The monoisotopic (exact) mass is 536 g/mol. The number of esters is 1. The summed E-state index contributed by atoms with van der Waals surface area (Å²) >= 11 is 0. The van der Waals surface area contributed by atoms with Gasteiger partial charge in [0.25, 0.3) is 0 Å². The third-order valence-electron chi connectivity index (χ3n) is 8.43. The lowest BCUT2D eigenvalue weighted by Gasteiger charge is -2.18. The molecule has 1 aliphatic heterocycles. The van der Waals surface area contributed by atoms with Gasteiger partial charge in [-0.05, 0) is 57.4 Å². The first-order valence-electron chi connectivity index (χ1n) is 16.7. The first-order valence-corrected chi connectivity index (χ1v) is 16.7. The quantitative estimate of drug-likeness (QED) is 0.0810. The molecule has 1 heterocycles. The minimum atomic E-state index is -0.183. The number of carbonyl (C=O) groups is 1. The summed E-state index contributed by atoms with van der Waals surface area (Å²) in [5.41, 5.74) is 0.825. The number of ether oxygens (including phenoxy) is 1. The van der Waals surface area contributed by atoms with Crippen molar-refractivity contribution in [1.29, 1.82) is 0 Å². The summed E-state index contributed by atoms with van der Waals surface area (Å²) in [6.45, 7) is 6.40. The van der Waals surface area contributed by atoms with Crippen molar-refractivity contribution in [2.45, 2.75) is 193 Å². The van der Waals surface area contributed by atoms with Crippen molar-refractivity contribution >= 4 is 5.97 Å². The third kappa shape index (κ3) is 19.2. The van der Waals surface area contributed by atoms with Gasteiger partial charge >= 0.3 is 5.97 Å². The first-order chi connectivity index (χ1) is 18.4. The number of carbonyl (C=O) groups excluding carboxylic acids is 1. The molecule has 4 nitrogen and oxygen atoms in total. The van der Waals surface area contributed by atoms with E-state index in [1.54, 1.807) is 0 Å². The van der Waals surface area contributed by atoms with Crippen molar-refractivity contribution in [2.75, 3.05) is 0 Å². The van der Waals surface area contributed by atoms with Gasteiger partial charge in [0.2, 0.25) is 0 Å². The van der Waals surface area contributed by atoms with Crippen LogP contribution in [-0.2, 0) is 9.53 Å². The summed E-state index contributed by atoms with van der Waals surface area (Å²) in [6, 6.07) is 0. The molecule has 0 aromatic heterocycles. The van der Waals surface area contributed by atoms with Gasteiger partial charge in [0.1, 0.15) is 6.10 Å². The van der Waals surface area contributed by atoms with Crippen LogP contribution in [0.15, 0.2) is 11.6 Å². The maximum atomic E-state index is 11.6. The number of hydrogen-bond acceptors (Lipinski definition) is 4. The Morgan fingerprint density at radius 3 is 1.63 bits per heavy atom. The van der Waals surface area contributed by atoms with Crippen LogP contribution in [0.1, 0.15) is 175 Å². The summed E-state index contributed by atoms with van der Waals surface area (Å²) in [6.07, 6.45) is 30.2. The summed E-state index contributed by atoms with van der Waals surface area (Å²) in [4.78, 5) is 11.6. The van der Waals surface area contributed by atoms with E-state index in [0.29, 0.717) is 5.92 Å². The molecule has 0 amide bonds. The Morgan fingerprint density at radius 1 is 0.684 bits per heavy atom.